The molecule has 0 atom stereocenters. The minimum atomic E-state index is -0.634. The van der Waals surface area contributed by atoms with Crippen LogP contribution in [0, 0.1) is 5.82 Å². The predicted molar refractivity (Wildman–Crippen MR) is 87.9 cm³/mol. The fourth-order valence-electron chi connectivity index (χ4n) is 2.75. The molecule has 1 aliphatic rings. The molecule has 0 saturated heterocycles. The number of rotatable bonds is 4. The van der Waals surface area contributed by atoms with E-state index in [0.29, 0.717) is 31.4 Å². The van der Waals surface area contributed by atoms with Crippen molar-refractivity contribution in [1.29, 1.82) is 0 Å². The molecule has 1 heterocycles. The van der Waals surface area contributed by atoms with Gasteiger partial charge in [0, 0.05) is 24.7 Å². The van der Waals surface area contributed by atoms with Crippen LogP contribution in [0.3, 0.4) is 0 Å². The Morgan fingerprint density at radius 3 is 2.71 bits per heavy atom. The van der Waals surface area contributed by atoms with Gasteiger partial charge in [-0.2, -0.15) is 5.10 Å². The molecule has 0 bridgehead atoms. The van der Waals surface area contributed by atoms with Crippen LogP contribution in [0.1, 0.15) is 42.1 Å². The summed E-state index contributed by atoms with van der Waals surface area (Å²) in [6.07, 6.45) is 3.92. The Hall–Kier alpha value is -2.41. The van der Waals surface area contributed by atoms with Crippen LogP contribution in [-0.2, 0) is 4.79 Å². The van der Waals surface area contributed by atoms with Gasteiger partial charge in [0.25, 0.3) is 5.91 Å². The number of carbonyl (C=O) groups is 2. The summed E-state index contributed by atoms with van der Waals surface area (Å²) in [7, 11) is 0. The first-order valence-electron chi connectivity index (χ1n) is 7.57. The number of aromatic nitrogens is 2. The van der Waals surface area contributed by atoms with Gasteiger partial charge in [0.15, 0.2) is 5.82 Å². The van der Waals surface area contributed by atoms with Crippen LogP contribution in [0.4, 0.5) is 15.9 Å². The summed E-state index contributed by atoms with van der Waals surface area (Å²) in [5, 5.41) is 7.26. The molecule has 1 saturated carbocycles. The van der Waals surface area contributed by atoms with Gasteiger partial charge >= 0.3 is 0 Å². The highest BCUT2D eigenvalue weighted by Crippen LogP contribution is 2.29. The van der Waals surface area contributed by atoms with E-state index in [2.05, 4.69) is 10.4 Å². The monoisotopic (exact) mass is 350 g/mol. The molecule has 0 radical (unpaired) electrons. The Balaban J connectivity index is 1.87. The van der Waals surface area contributed by atoms with Crippen molar-refractivity contribution in [2.45, 2.75) is 31.7 Å². The van der Waals surface area contributed by atoms with Gasteiger partial charge in [-0.3, -0.25) is 14.3 Å². The largest absolute Gasteiger partial charge is 0.365 e. The first-order chi connectivity index (χ1) is 11.4. The number of nitrogens with zero attached hydrogens (tertiary/aromatic N) is 2. The second-order valence-electron chi connectivity index (χ2n) is 5.76. The highest BCUT2D eigenvalue weighted by molar-refractivity contribution is 6.30. The first kappa shape index (κ1) is 16.4. The zero-order valence-electron chi connectivity index (χ0n) is 12.8. The summed E-state index contributed by atoms with van der Waals surface area (Å²) in [6, 6.07) is 4.24. The summed E-state index contributed by atoms with van der Waals surface area (Å²) in [6.45, 7) is 0. The maximum absolute atomic E-state index is 13.6. The number of ketones is 1. The molecule has 24 heavy (non-hydrogen) atoms. The lowest BCUT2D eigenvalue weighted by Crippen LogP contribution is -2.18. The molecule has 8 heteroatoms. The number of anilines is 2. The number of benzene rings is 1. The van der Waals surface area contributed by atoms with Crippen molar-refractivity contribution >= 4 is 34.8 Å². The Bertz CT molecular complexity index is 795. The van der Waals surface area contributed by atoms with Crippen molar-refractivity contribution in [1.82, 2.24) is 9.78 Å². The lowest BCUT2D eigenvalue weighted by atomic mass is 9.94. The number of hydrogen-bond donors (Lipinski definition) is 2. The number of nitrogens with two attached hydrogens (primary N) is 1. The number of primary amides is 1. The molecule has 1 aromatic carbocycles. The second kappa shape index (κ2) is 6.60. The standard InChI is InChI=1S/C16H16ClFN4O2/c17-13-6-1-9(7-14(13)18)20-16-12(15(19)24)8-22(21-16)10-2-4-11(23)5-3-10/h1,6-8,10H,2-5H2,(H2,19,24)(H,20,21). The molecular weight excluding hydrogens is 335 g/mol. The van der Waals surface area contributed by atoms with Gasteiger partial charge in [0.05, 0.1) is 11.1 Å². The molecular formula is C16H16ClFN4O2. The summed E-state index contributed by atoms with van der Waals surface area (Å²) < 4.78 is 15.2. The van der Waals surface area contributed by atoms with Crippen LogP contribution in [0.2, 0.25) is 5.02 Å². The second-order valence-corrected chi connectivity index (χ2v) is 6.17. The number of nitrogens with one attached hydrogen (secondary N) is 1. The highest BCUT2D eigenvalue weighted by atomic mass is 35.5. The van der Waals surface area contributed by atoms with E-state index >= 15 is 0 Å². The average Bonchev–Trinajstić information content (AvgIpc) is 2.96. The Kier molecular flexibility index (Phi) is 4.53. The van der Waals surface area contributed by atoms with Gasteiger partial charge in [-0.05, 0) is 31.0 Å². The highest BCUT2D eigenvalue weighted by Gasteiger charge is 2.23. The summed E-state index contributed by atoms with van der Waals surface area (Å²) in [4.78, 5) is 23.0. The van der Waals surface area contributed by atoms with E-state index in [0.717, 1.165) is 0 Å². The third kappa shape index (κ3) is 3.41. The predicted octanol–water partition coefficient (Wildman–Crippen LogP) is 3.20. The summed E-state index contributed by atoms with van der Waals surface area (Å²) >= 11 is 5.66. The van der Waals surface area contributed by atoms with Crippen molar-refractivity contribution in [2.24, 2.45) is 5.73 Å². The first-order valence-corrected chi connectivity index (χ1v) is 7.94. The Labute approximate surface area is 142 Å². The fourth-order valence-corrected chi connectivity index (χ4v) is 2.87. The van der Waals surface area contributed by atoms with E-state index in [-0.39, 0.29) is 28.2 Å². The molecule has 0 unspecified atom stereocenters. The Morgan fingerprint density at radius 2 is 2.08 bits per heavy atom. The summed E-state index contributed by atoms with van der Waals surface area (Å²) in [5.74, 6) is -0.720. The lowest BCUT2D eigenvalue weighted by molar-refractivity contribution is -0.120. The van der Waals surface area contributed by atoms with Gasteiger partial charge in [-0.1, -0.05) is 11.6 Å². The molecule has 2 aromatic rings. The van der Waals surface area contributed by atoms with Crippen LogP contribution < -0.4 is 11.1 Å². The van der Waals surface area contributed by atoms with Crippen LogP contribution in [0.25, 0.3) is 0 Å². The van der Waals surface area contributed by atoms with E-state index < -0.39 is 11.7 Å². The van der Waals surface area contributed by atoms with Gasteiger partial charge < -0.3 is 11.1 Å². The van der Waals surface area contributed by atoms with E-state index in [1.54, 1.807) is 16.9 Å². The SMILES string of the molecule is NC(=O)c1cn(C2CCC(=O)CC2)nc1Nc1ccc(Cl)c(F)c1. The Morgan fingerprint density at radius 1 is 1.38 bits per heavy atom. The molecule has 3 rings (SSSR count). The molecule has 0 aliphatic heterocycles. The number of hydrogen-bond acceptors (Lipinski definition) is 4. The third-order valence-corrected chi connectivity index (χ3v) is 4.37. The fraction of sp³-hybridized carbons (Fsp3) is 0.312. The van der Waals surface area contributed by atoms with Gasteiger partial charge in [0.2, 0.25) is 0 Å². The number of halogens is 2. The number of carbonyl (C=O) groups excluding carboxylic acids is 2. The maximum atomic E-state index is 13.6. The molecule has 6 nitrogen and oxygen atoms in total. The molecule has 0 spiro atoms. The van der Waals surface area contributed by atoms with Gasteiger partial charge in [-0.15, -0.1) is 0 Å². The number of Topliss-reactive ketones (excluding diaryl/α,β-unsaturated/α-hetero) is 1. The molecule has 1 aliphatic carbocycles. The maximum Gasteiger partial charge on any atom is 0.254 e. The van der Waals surface area contributed by atoms with Crippen molar-refractivity contribution in [2.75, 3.05) is 5.32 Å². The van der Waals surface area contributed by atoms with E-state index in [1.807, 2.05) is 0 Å². The smallest absolute Gasteiger partial charge is 0.254 e. The van der Waals surface area contributed by atoms with Gasteiger partial charge in [0.1, 0.15) is 17.2 Å². The molecule has 1 fully saturated rings. The zero-order valence-corrected chi connectivity index (χ0v) is 13.5. The van der Waals surface area contributed by atoms with Crippen LogP contribution in [0.5, 0.6) is 0 Å². The zero-order chi connectivity index (χ0) is 17.3. The van der Waals surface area contributed by atoms with Crippen LogP contribution in [0.15, 0.2) is 24.4 Å². The quantitative estimate of drug-likeness (QED) is 0.886. The minimum Gasteiger partial charge on any atom is -0.365 e. The normalized spacial score (nSPS) is 15.5. The van der Waals surface area contributed by atoms with Gasteiger partial charge in [-0.25, -0.2) is 4.39 Å². The lowest BCUT2D eigenvalue weighted by Gasteiger charge is -2.21. The van der Waals surface area contributed by atoms with Crippen molar-refractivity contribution < 1.29 is 14.0 Å². The average molecular weight is 351 g/mol. The van der Waals surface area contributed by atoms with Crippen molar-refractivity contribution in [3.63, 3.8) is 0 Å². The summed E-state index contributed by atoms with van der Waals surface area (Å²) in [5.41, 5.74) is 6.02. The number of amides is 1. The van der Waals surface area contributed by atoms with E-state index in [9.17, 15) is 14.0 Å². The van der Waals surface area contributed by atoms with Crippen molar-refractivity contribution in [3.05, 3.63) is 40.8 Å². The molecule has 3 N–H and O–H groups in total. The van der Waals surface area contributed by atoms with E-state index in [4.69, 9.17) is 17.3 Å². The van der Waals surface area contributed by atoms with Crippen LogP contribution in [-0.4, -0.2) is 21.5 Å². The molecule has 1 aromatic heterocycles. The third-order valence-electron chi connectivity index (χ3n) is 4.07. The van der Waals surface area contributed by atoms with E-state index in [1.165, 1.54) is 12.1 Å². The molecule has 1 amide bonds. The molecule has 126 valence electrons. The topological polar surface area (TPSA) is 90.0 Å². The van der Waals surface area contributed by atoms with Crippen molar-refractivity contribution in [3.8, 4) is 0 Å². The minimum absolute atomic E-state index is 0.00748. The van der Waals surface area contributed by atoms with Crippen LogP contribution >= 0.6 is 11.6 Å².